The van der Waals surface area contributed by atoms with Crippen molar-refractivity contribution in [2.45, 2.75) is 20.0 Å². The third kappa shape index (κ3) is 5.72. The molecule has 2 aromatic rings. The van der Waals surface area contributed by atoms with Gasteiger partial charge >= 0.3 is 5.97 Å². The molecule has 0 aliphatic heterocycles. The van der Waals surface area contributed by atoms with Crippen LogP contribution in [0.4, 0.5) is 11.4 Å². The number of benzene rings is 2. The maximum Gasteiger partial charge on any atom is 0.342 e. The first kappa shape index (κ1) is 20.3. The number of methoxy groups -OCH3 is 1. The first-order valence-electron chi connectivity index (χ1n) is 8.03. The van der Waals surface area contributed by atoms with Gasteiger partial charge < -0.3 is 20.1 Å². The molecule has 27 heavy (non-hydrogen) atoms. The third-order valence-electron chi connectivity index (χ3n) is 3.51. The standard InChI is InChI=1S/C19H19ClN2O5/c1-11(27-19(25)16-10-13(20)4-9-17(16)26-3)18(24)22-15-7-5-14(6-8-15)21-12(2)23/h4-11H,1-3H3,(H,21,23)(H,22,24)/t11-/m1/s1. The SMILES string of the molecule is COc1ccc(Cl)cc1C(=O)O[C@H](C)C(=O)Nc1ccc(NC(C)=O)cc1. The maximum atomic E-state index is 12.3. The van der Waals surface area contributed by atoms with Gasteiger partial charge in [-0.15, -0.1) is 0 Å². The first-order chi connectivity index (χ1) is 12.8. The molecule has 1 atom stereocenters. The van der Waals surface area contributed by atoms with Crippen molar-refractivity contribution in [2.75, 3.05) is 17.7 Å². The van der Waals surface area contributed by atoms with Gasteiger partial charge in [0.1, 0.15) is 11.3 Å². The number of anilines is 2. The molecule has 7 nitrogen and oxygen atoms in total. The van der Waals surface area contributed by atoms with Crippen molar-refractivity contribution >= 4 is 40.8 Å². The van der Waals surface area contributed by atoms with Crippen LogP contribution in [0, 0.1) is 0 Å². The lowest BCUT2D eigenvalue weighted by Crippen LogP contribution is -2.30. The summed E-state index contributed by atoms with van der Waals surface area (Å²) < 4.78 is 10.3. The minimum absolute atomic E-state index is 0.129. The number of nitrogens with one attached hydrogen (secondary N) is 2. The predicted octanol–water partition coefficient (Wildman–Crippen LogP) is 3.49. The summed E-state index contributed by atoms with van der Waals surface area (Å²) in [6.07, 6.45) is -1.05. The summed E-state index contributed by atoms with van der Waals surface area (Å²) in [4.78, 5) is 35.6. The molecule has 142 valence electrons. The van der Waals surface area contributed by atoms with E-state index in [9.17, 15) is 14.4 Å². The summed E-state index contributed by atoms with van der Waals surface area (Å²) in [6.45, 7) is 2.86. The van der Waals surface area contributed by atoms with E-state index in [2.05, 4.69) is 10.6 Å². The second-order valence-corrected chi connectivity index (χ2v) is 6.08. The third-order valence-corrected chi connectivity index (χ3v) is 3.74. The minimum Gasteiger partial charge on any atom is -0.496 e. The van der Waals surface area contributed by atoms with Crippen LogP contribution in [0.5, 0.6) is 5.75 Å². The number of amides is 2. The molecule has 2 rings (SSSR count). The van der Waals surface area contributed by atoms with Gasteiger partial charge in [0.2, 0.25) is 5.91 Å². The molecule has 0 radical (unpaired) electrons. The van der Waals surface area contributed by atoms with Gasteiger partial charge in [0.15, 0.2) is 6.10 Å². The molecule has 0 unspecified atom stereocenters. The van der Waals surface area contributed by atoms with Crippen LogP contribution in [-0.2, 0) is 14.3 Å². The molecule has 2 N–H and O–H groups in total. The van der Waals surface area contributed by atoms with Crippen molar-refractivity contribution in [1.82, 2.24) is 0 Å². The molecule has 0 aliphatic carbocycles. The van der Waals surface area contributed by atoms with E-state index in [1.54, 1.807) is 36.4 Å². The highest BCUT2D eigenvalue weighted by molar-refractivity contribution is 6.31. The van der Waals surface area contributed by atoms with Crippen LogP contribution in [0.1, 0.15) is 24.2 Å². The van der Waals surface area contributed by atoms with Gasteiger partial charge in [-0.3, -0.25) is 9.59 Å². The number of ether oxygens (including phenoxy) is 2. The van der Waals surface area contributed by atoms with Gasteiger partial charge in [0.25, 0.3) is 5.91 Å². The zero-order valence-electron chi connectivity index (χ0n) is 15.0. The fraction of sp³-hybridized carbons (Fsp3) is 0.211. The Balaban J connectivity index is 2.00. The normalized spacial score (nSPS) is 11.3. The van der Waals surface area contributed by atoms with Crippen LogP contribution >= 0.6 is 11.6 Å². The summed E-state index contributed by atoms with van der Waals surface area (Å²) in [7, 11) is 1.42. The number of esters is 1. The molecule has 0 saturated carbocycles. The highest BCUT2D eigenvalue weighted by Gasteiger charge is 2.21. The molecule has 0 bridgehead atoms. The van der Waals surface area contributed by atoms with Crippen LogP contribution in [0.15, 0.2) is 42.5 Å². The van der Waals surface area contributed by atoms with Crippen molar-refractivity contribution in [2.24, 2.45) is 0 Å². The zero-order chi connectivity index (χ0) is 20.0. The smallest absolute Gasteiger partial charge is 0.342 e. The number of hydrogen-bond donors (Lipinski definition) is 2. The molecule has 0 fully saturated rings. The van der Waals surface area contributed by atoms with E-state index in [0.29, 0.717) is 22.1 Å². The van der Waals surface area contributed by atoms with E-state index in [1.807, 2.05) is 0 Å². The van der Waals surface area contributed by atoms with Gasteiger partial charge in [-0.25, -0.2) is 4.79 Å². The largest absolute Gasteiger partial charge is 0.496 e. The van der Waals surface area contributed by atoms with Crippen molar-refractivity contribution in [1.29, 1.82) is 0 Å². The summed E-state index contributed by atoms with van der Waals surface area (Å²) in [5.74, 6) is -1.12. The Kier molecular flexibility index (Phi) is 6.79. The van der Waals surface area contributed by atoms with Gasteiger partial charge in [-0.05, 0) is 49.4 Å². The molecule has 0 saturated heterocycles. The maximum absolute atomic E-state index is 12.3. The zero-order valence-corrected chi connectivity index (χ0v) is 15.8. The highest BCUT2D eigenvalue weighted by Crippen LogP contribution is 2.24. The predicted molar refractivity (Wildman–Crippen MR) is 102 cm³/mol. The quantitative estimate of drug-likeness (QED) is 0.736. The second-order valence-electron chi connectivity index (χ2n) is 5.64. The van der Waals surface area contributed by atoms with Crippen LogP contribution in [0.3, 0.4) is 0 Å². The summed E-state index contributed by atoms with van der Waals surface area (Å²) in [5.41, 5.74) is 1.23. The monoisotopic (exact) mass is 390 g/mol. The van der Waals surface area contributed by atoms with Gasteiger partial charge in [-0.2, -0.15) is 0 Å². The van der Waals surface area contributed by atoms with E-state index < -0.39 is 18.0 Å². The molecular weight excluding hydrogens is 372 g/mol. The Labute approximate surface area is 161 Å². The van der Waals surface area contributed by atoms with E-state index in [0.717, 1.165) is 0 Å². The lowest BCUT2D eigenvalue weighted by molar-refractivity contribution is -0.123. The van der Waals surface area contributed by atoms with Crippen molar-refractivity contribution in [3.8, 4) is 5.75 Å². The Hall–Kier alpha value is -3.06. The number of halogens is 1. The molecular formula is C19H19ClN2O5. The van der Waals surface area contributed by atoms with E-state index in [1.165, 1.54) is 27.0 Å². The summed E-state index contributed by atoms with van der Waals surface area (Å²) in [5, 5.41) is 5.60. The van der Waals surface area contributed by atoms with Crippen molar-refractivity contribution in [3.63, 3.8) is 0 Å². The molecule has 0 aromatic heterocycles. The lowest BCUT2D eigenvalue weighted by Gasteiger charge is -2.15. The molecule has 0 heterocycles. The van der Waals surface area contributed by atoms with Crippen LogP contribution < -0.4 is 15.4 Å². The average Bonchev–Trinajstić information content (AvgIpc) is 2.62. The van der Waals surface area contributed by atoms with Crippen LogP contribution in [0.25, 0.3) is 0 Å². The minimum atomic E-state index is -1.05. The van der Waals surface area contributed by atoms with Gasteiger partial charge in [0, 0.05) is 23.3 Å². The van der Waals surface area contributed by atoms with Crippen molar-refractivity contribution < 1.29 is 23.9 Å². The summed E-state index contributed by atoms with van der Waals surface area (Å²) in [6, 6.07) is 11.1. The van der Waals surface area contributed by atoms with E-state index >= 15 is 0 Å². The Morgan fingerprint density at radius 3 is 2.15 bits per heavy atom. The van der Waals surface area contributed by atoms with Crippen molar-refractivity contribution in [3.05, 3.63) is 53.1 Å². The Bertz CT molecular complexity index is 852. The summed E-state index contributed by atoms with van der Waals surface area (Å²) >= 11 is 5.90. The topological polar surface area (TPSA) is 93.7 Å². The van der Waals surface area contributed by atoms with E-state index in [-0.39, 0.29) is 11.5 Å². The molecule has 0 spiro atoms. The van der Waals surface area contributed by atoms with Crippen LogP contribution in [0.2, 0.25) is 5.02 Å². The van der Waals surface area contributed by atoms with Gasteiger partial charge in [-0.1, -0.05) is 11.6 Å². The van der Waals surface area contributed by atoms with Gasteiger partial charge in [0.05, 0.1) is 7.11 Å². The number of hydrogen-bond acceptors (Lipinski definition) is 5. The molecule has 2 amide bonds. The molecule has 2 aromatic carbocycles. The Morgan fingerprint density at radius 1 is 1.00 bits per heavy atom. The second kappa shape index (κ2) is 9.05. The molecule has 0 aliphatic rings. The fourth-order valence-corrected chi connectivity index (χ4v) is 2.37. The molecule has 8 heteroatoms. The first-order valence-corrected chi connectivity index (χ1v) is 8.41. The average molecular weight is 391 g/mol. The lowest BCUT2D eigenvalue weighted by atomic mass is 10.2. The Morgan fingerprint density at radius 2 is 1.59 bits per heavy atom. The highest BCUT2D eigenvalue weighted by atomic mass is 35.5. The number of rotatable bonds is 6. The number of carbonyl (C=O) groups excluding carboxylic acids is 3. The van der Waals surface area contributed by atoms with Crippen LogP contribution in [-0.4, -0.2) is 31.0 Å². The van der Waals surface area contributed by atoms with E-state index in [4.69, 9.17) is 21.1 Å². The fourth-order valence-electron chi connectivity index (χ4n) is 2.20. The number of carbonyl (C=O) groups is 3.